The number of nitrogens with one attached hydrogen (secondary N) is 1. The number of alkyl halides is 2. The molecule has 2 atom stereocenters. The summed E-state index contributed by atoms with van der Waals surface area (Å²) < 4.78 is 27.2. The van der Waals surface area contributed by atoms with E-state index in [9.17, 15) is 8.78 Å². The van der Waals surface area contributed by atoms with Crippen molar-refractivity contribution < 1.29 is 8.78 Å². The number of rotatable bonds is 5. The first-order valence-electron chi connectivity index (χ1n) is 9.09. The van der Waals surface area contributed by atoms with Crippen LogP contribution >= 0.6 is 0 Å². The standard InChI is InChI=1S/C20H31F2N3/c1-13(10-15(3)25-9-7-8-14(25)2)17-12-23-18(24-20(4,5)6)11-16(17)19(21)22/h10-12,14-15,19H,7-9H2,1-6H3,(H,23,24). The van der Waals surface area contributed by atoms with E-state index in [0.29, 0.717) is 17.4 Å². The van der Waals surface area contributed by atoms with Crippen molar-refractivity contribution in [2.45, 2.75) is 78.4 Å². The molecule has 2 rings (SSSR count). The largest absolute Gasteiger partial charge is 0.365 e. The van der Waals surface area contributed by atoms with Crippen molar-refractivity contribution in [2.24, 2.45) is 0 Å². The van der Waals surface area contributed by atoms with Gasteiger partial charge in [0.05, 0.1) is 0 Å². The molecule has 0 radical (unpaired) electrons. The van der Waals surface area contributed by atoms with E-state index in [1.54, 1.807) is 6.20 Å². The van der Waals surface area contributed by atoms with Crippen molar-refractivity contribution in [1.82, 2.24) is 9.88 Å². The van der Waals surface area contributed by atoms with Crippen LogP contribution in [0, 0.1) is 0 Å². The van der Waals surface area contributed by atoms with Crippen molar-refractivity contribution >= 4 is 11.4 Å². The van der Waals surface area contributed by atoms with E-state index in [1.165, 1.54) is 18.9 Å². The van der Waals surface area contributed by atoms with Crippen LogP contribution in [0.3, 0.4) is 0 Å². The van der Waals surface area contributed by atoms with Crippen molar-refractivity contribution in [2.75, 3.05) is 11.9 Å². The van der Waals surface area contributed by atoms with Gasteiger partial charge in [-0.3, -0.25) is 4.90 Å². The van der Waals surface area contributed by atoms with Crippen LogP contribution in [-0.4, -0.2) is 34.1 Å². The van der Waals surface area contributed by atoms with E-state index in [4.69, 9.17) is 0 Å². The van der Waals surface area contributed by atoms with Gasteiger partial charge in [-0.25, -0.2) is 13.8 Å². The number of hydrogen-bond donors (Lipinski definition) is 1. The van der Waals surface area contributed by atoms with Gasteiger partial charge in [0, 0.05) is 34.9 Å². The predicted molar refractivity (Wildman–Crippen MR) is 101 cm³/mol. The van der Waals surface area contributed by atoms with E-state index < -0.39 is 6.43 Å². The third-order valence-electron chi connectivity index (χ3n) is 4.72. The second-order valence-electron chi connectivity index (χ2n) is 8.15. The van der Waals surface area contributed by atoms with E-state index in [1.807, 2.05) is 27.7 Å². The molecule has 3 nitrogen and oxygen atoms in total. The zero-order valence-electron chi connectivity index (χ0n) is 16.2. The Kier molecular flexibility index (Phi) is 6.20. The highest BCUT2D eigenvalue weighted by Gasteiger charge is 2.24. The maximum Gasteiger partial charge on any atom is 0.264 e. The average molecular weight is 351 g/mol. The molecular weight excluding hydrogens is 320 g/mol. The zero-order valence-corrected chi connectivity index (χ0v) is 16.2. The van der Waals surface area contributed by atoms with Crippen LogP contribution < -0.4 is 5.32 Å². The molecule has 0 aromatic carbocycles. The first-order chi connectivity index (χ1) is 11.6. The summed E-state index contributed by atoms with van der Waals surface area (Å²) in [6.45, 7) is 13.3. The third-order valence-corrected chi connectivity index (χ3v) is 4.72. The van der Waals surface area contributed by atoms with E-state index >= 15 is 0 Å². The quantitative estimate of drug-likeness (QED) is 0.758. The molecular formula is C20H31F2N3. The van der Waals surface area contributed by atoms with Crippen molar-refractivity contribution in [3.63, 3.8) is 0 Å². The summed E-state index contributed by atoms with van der Waals surface area (Å²) in [6.07, 6.45) is 3.54. The first kappa shape index (κ1) is 19.8. The van der Waals surface area contributed by atoms with Gasteiger partial charge in [-0.2, -0.15) is 0 Å². The van der Waals surface area contributed by atoms with Crippen LogP contribution in [-0.2, 0) is 0 Å². The predicted octanol–water partition coefficient (Wildman–Crippen LogP) is 5.51. The molecule has 5 heteroatoms. The number of nitrogens with zero attached hydrogens (tertiary/aromatic N) is 2. The van der Waals surface area contributed by atoms with Crippen LogP contribution in [0.2, 0.25) is 0 Å². The SMILES string of the molecule is CC(=CC(C)N1CCCC1C)c1cnc(NC(C)(C)C)cc1C(F)F. The molecule has 0 aliphatic carbocycles. The molecule has 0 amide bonds. The lowest BCUT2D eigenvalue weighted by atomic mass is 10.0. The Morgan fingerprint density at radius 3 is 2.60 bits per heavy atom. The maximum absolute atomic E-state index is 13.6. The van der Waals surface area contributed by atoms with Crippen molar-refractivity contribution in [3.05, 3.63) is 29.5 Å². The van der Waals surface area contributed by atoms with Gasteiger partial charge >= 0.3 is 0 Å². The van der Waals surface area contributed by atoms with E-state index in [2.05, 4.69) is 35.1 Å². The fourth-order valence-corrected chi connectivity index (χ4v) is 3.54. The minimum absolute atomic E-state index is 0.0390. The Hall–Kier alpha value is -1.49. The van der Waals surface area contributed by atoms with E-state index in [0.717, 1.165) is 12.1 Å². The molecule has 1 aliphatic heterocycles. The number of allylic oxidation sites excluding steroid dienone is 1. The lowest BCUT2D eigenvalue weighted by Gasteiger charge is -2.27. The average Bonchev–Trinajstić information content (AvgIpc) is 2.91. The molecule has 1 saturated heterocycles. The smallest absolute Gasteiger partial charge is 0.264 e. The van der Waals surface area contributed by atoms with Crippen molar-refractivity contribution in [1.29, 1.82) is 0 Å². The molecule has 1 N–H and O–H groups in total. The summed E-state index contributed by atoms with van der Waals surface area (Å²) in [7, 11) is 0. The number of anilines is 1. The monoisotopic (exact) mass is 351 g/mol. The number of halogens is 2. The minimum Gasteiger partial charge on any atom is -0.365 e. The lowest BCUT2D eigenvalue weighted by molar-refractivity contribution is 0.151. The van der Waals surface area contributed by atoms with Gasteiger partial charge in [-0.1, -0.05) is 6.08 Å². The van der Waals surface area contributed by atoms with Crippen LogP contribution in [0.4, 0.5) is 14.6 Å². The molecule has 1 aromatic heterocycles. The Labute approximate surface area is 150 Å². The van der Waals surface area contributed by atoms with Gasteiger partial charge in [0.25, 0.3) is 6.43 Å². The lowest BCUT2D eigenvalue weighted by Crippen LogP contribution is -2.34. The van der Waals surface area contributed by atoms with Crippen LogP contribution in [0.5, 0.6) is 0 Å². The summed E-state index contributed by atoms with van der Waals surface area (Å²) in [4.78, 5) is 6.77. The fraction of sp³-hybridized carbons (Fsp3) is 0.650. The number of hydrogen-bond acceptors (Lipinski definition) is 3. The van der Waals surface area contributed by atoms with Crippen molar-refractivity contribution in [3.8, 4) is 0 Å². The summed E-state index contributed by atoms with van der Waals surface area (Å²) in [5.74, 6) is 0.487. The highest BCUT2D eigenvalue weighted by Crippen LogP contribution is 2.31. The molecule has 0 saturated carbocycles. The summed E-state index contributed by atoms with van der Waals surface area (Å²) in [6, 6.07) is 2.26. The number of aromatic nitrogens is 1. The normalized spacial score (nSPS) is 21.0. The van der Waals surface area contributed by atoms with Gasteiger partial charge in [-0.05, 0) is 72.6 Å². The molecule has 2 unspecified atom stereocenters. The van der Waals surface area contributed by atoms with Gasteiger partial charge in [0.15, 0.2) is 0 Å². The number of likely N-dealkylation sites (tertiary alicyclic amines) is 1. The maximum atomic E-state index is 13.6. The van der Waals surface area contributed by atoms with Crippen LogP contribution in [0.15, 0.2) is 18.3 Å². The van der Waals surface area contributed by atoms with Gasteiger partial charge in [-0.15, -0.1) is 0 Å². The molecule has 1 aliphatic rings. The van der Waals surface area contributed by atoms with Crippen LogP contribution in [0.25, 0.3) is 5.57 Å². The second-order valence-corrected chi connectivity index (χ2v) is 8.15. The Bertz CT molecular complexity index is 620. The Balaban J connectivity index is 2.28. The molecule has 0 bridgehead atoms. The highest BCUT2D eigenvalue weighted by molar-refractivity contribution is 5.68. The van der Waals surface area contributed by atoms with Gasteiger partial charge in [0.2, 0.25) is 0 Å². The zero-order chi connectivity index (χ0) is 18.8. The first-order valence-corrected chi connectivity index (χ1v) is 9.09. The Morgan fingerprint density at radius 1 is 1.40 bits per heavy atom. The molecule has 1 fully saturated rings. The molecule has 2 heterocycles. The molecule has 1 aromatic rings. The van der Waals surface area contributed by atoms with Gasteiger partial charge in [0.1, 0.15) is 5.82 Å². The fourth-order valence-electron chi connectivity index (χ4n) is 3.54. The summed E-state index contributed by atoms with van der Waals surface area (Å²) in [5, 5.41) is 3.16. The topological polar surface area (TPSA) is 28.2 Å². The minimum atomic E-state index is -2.53. The van der Waals surface area contributed by atoms with Crippen LogP contribution in [0.1, 0.15) is 71.9 Å². The van der Waals surface area contributed by atoms with E-state index in [-0.39, 0.29) is 17.1 Å². The summed E-state index contributed by atoms with van der Waals surface area (Å²) >= 11 is 0. The summed E-state index contributed by atoms with van der Waals surface area (Å²) in [5.41, 5.74) is 1.21. The molecule has 25 heavy (non-hydrogen) atoms. The highest BCUT2D eigenvalue weighted by atomic mass is 19.3. The molecule has 140 valence electrons. The Morgan fingerprint density at radius 2 is 2.08 bits per heavy atom. The second kappa shape index (κ2) is 7.81. The van der Waals surface area contributed by atoms with Gasteiger partial charge < -0.3 is 5.32 Å². The number of pyridine rings is 1. The third kappa shape index (κ3) is 5.24. The molecule has 0 spiro atoms.